The molecule has 4 heteroatoms. The van der Waals surface area contributed by atoms with Gasteiger partial charge in [0, 0.05) is 31.9 Å². The molecule has 1 atom stereocenters. The summed E-state index contributed by atoms with van der Waals surface area (Å²) in [5, 5.41) is 0. The second-order valence-corrected chi connectivity index (χ2v) is 4.72. The van der Waals surface area contributed by atoms with Crippen molar-refractivity contribution in [3.8, 4) is 5.75 Å². The van der Waals surface area contributed by atoms with E-state index in [0.29, 0.717) is 12.5 Å². The summed E-state index contributed by atoms with van der Waals surface area (Å²) in [7, 11) is 3.69. The van der Waals surface area contributed by atoms with Crippen molar-refractivity contribution in [1.82, 2.24) is 9.55 Å². The Morgan fingerprint density at radius 1 is 1.32 bits per heavy atom. The number of aromatic nitrogens is 2. The number of rotatable bonds is 6. The lowest BCUT2D eigenvalue weighted by molar-refractivity contribution is 0.414. The standard InChI is InChI=1S/C15H21N3O/c1-18-10-9-17-15(18)13(11-16)6-3-12-4-7-14(19-2)8-5-12/h4-5,7-10,13H,3,6,11,16H2,1-2H3. The Hall–Kier alpha value is -1.81. The van der Waals surface area contributed by atoms with E-state index in [-0.39, 0.29) is 0 Å². The van der Waals surface area contributed by atoms with Gasteiger partial charge in [-0.05, 0) is 30.5 Å². The molecule has 2 N–H and O–H groups in total. The van der Waals surface area contributed by atoms with Crippen LogP contribution in [0.5, 0.6) is 5.75 Å². The molecule has 2 rings (SSSR count). The van der Waals surface area contributed by atoms with Crippen LogP contribution < -0.4 is 10.5 Å². The summed E-state index contributed by atoms with van der Waals surface area (Å²) < 4.78 is 7.20. The third-order valence-electron chi connectivity index (χ3n) is 3.45. The molecule has 0 radical (unpaired) electrons. The van der Waals surface area contributed by atoms with Gasteiger partial charge < -0.3 is 15.0 Å². The van der Waals surface area contributed by atoms with Crippen LogP contribution in [-0.4, -0.2) is 23.2 Å². The number of nitrogens with two attached hydrogens (primary N) is 1. The number of imidazole rings is 1. The number of ether oxygens (including phenoxy) is 1. The molecule has 0 amide bonds. The van der Waals surface area contributed by atoms with Crippen molar-refractivity contribution in [3.05, 3.63) is 48.0 Å². The van der Waals surface area contributed by atoms with E-state index in [9.17, 15) is 0 Å². The van der Waals surface area contributed by atoms with Crippen molar-refractivity contribution < 1.29 is 4.74 Å². The zero-order chi connectivity index (χ0) is 13.7. The molecule has 4 nitrogen and oxygen atoms in total. The molecule has 0 saturated carbocycles. The van der Waals surface area contributed by atoms with Gasteiger partial charge in [0.1, 0.15) is 11.6 Å². The maximum absolute atomic E-state index is 5.87. The average Bonchev–Trinajstić information content (AvgIpc) is 2.87. The van der Waals surface area contributed by atoms with Crippen LogP contribution >= 0.6 is 0 Å². The third kappa shape index (κ3) is 3.35. The number of methoxy groups -OCH3 is 1. The zero-order valence-electron chi connectivity index (χ0n) is 11.5. The van der Waals surface area contributed by atoms with E-state index in [4.69, 9.17) is 10.5 Å². The van der Waals surface area contributed by atoms with Gasteiger partial charge in [0.25, 0.3) is 0 Å². The summed E-state index contributed by atoms with van der Waals surface area (Å²) in [5.74, 6) is 2.27. The van der Waals surface area contributed by atoms with E-state index in [2.05, 4.69) is 17.1 Å². The van der Waals surface area contributed by atoms with Crippen LogP contribution in [-0.2, 0) is 13.5 Å². The van der Waals surface area contributed by atoms with Crippen LogP contribution in [0, 0.1) is 0 Å². The van der Waals surface area contributed by atoms with Crippen LogP contribution in [0.25, 0.3) is 0 Å². The van der Waals surface area contributed by atoms with Crippen molar-refractivity contribution in [1.29, 1.82) is 0 Å². The van der Waals surface area contributed by atoms with E-state index in [0.717, 1.165) is 24.4 Å². The summed E-state index contributed by atoms with van der Waals surface area (Å²) >= 11 is 0. The highest BCUT2D eigenvalue weighted by atomic mass is 16.5. The molecule has 0 bridgehead atoms. The molecule has 0 saturated heterocycles. The molecule has 1 heterocycles. The topological polar surface area (TPSA) is 53.1 Å². The van der Waals surface area contributed by atoms with Gasteiger partial charge in [-0.25, -0.2) is 4.98 Å². The highest BCUT2D eigenvalue weighted by Crippen LogP contribution is 2.20. The van der Waals surface area contributed by atoms with Gasteiger partial charge in [0.2, 0.25) is 0 Å². The predicted octanol–water partition coefficient (Wildman–Crippen LogP) is 2.10. The minimum atomic E-state index is 0.308. The van der Waals surface area contributed by atoms with Crippen LogP contribution in [0.3, 0.4) is 0 Å². The van der Waals surface area contributed by atoms with Gasteiger partial charge in [-0.3, -0.25) is 0 Å². The second kappa shape index (κ2) is 6.38. The molecule has 2 aromatic rings. The molecule has 102 valence electrons. The Labute approximate surface area is 114 Å². The normalized spacial score (nSPS) is 12.4. The van der Waals surface area contributed by atoms with Crippen molar-refractivity contribution in [2.75, 3.05) is 13.7 Å². The SMILES string of the molecule is COc1ccc(CCC(CN)c2nccn2C)cc1. The van der Waals surface area contributed by atoms with Gasteiger partial charge in [0.15, 0.2) is 0 Å². The number of nitrogens with zero attached hydrogens (tertiary/aromatic N) is 2. The molecule has 0 spiro atoms. The lowest BCUT2D eigenvalue weighted by Gasteiger charge is -2.14. The van der Waals surface area contributed by atoms with E-state index < -0.39 is 0 Å². The van der Waals surface area contributed by atoms with Crippen LogP contribution in [0.1, 0.15) is 23.7 Å². The van der Waals surface area contributed by atoms with E-state index >= 15 is 0 Å². The van der Waals surface area contributed by atoms with Crippen LogP contribution in [0.2, 0.25) is 0 Å². The number of hydrogen-bond donors (Lipinski definition) is 1. The van der Waals surface area contributed by atoms with Gasteiger partial charge in [-0.2, -0.15) is 0 Å². The summed E-state index contributed by atoms with van der Waals surface area (Å²) in [5.41, 5.74) is 7.17. The van der Waals surface area contributed by atoms with Gasteiger partial charge >= 0.3 is 0 Å². The second-order valence-electron chi connectivity index (χ2n) is 4.72. The Morgan fingerprint density at radius 3 is 2.58 bits per heavy atom. The third-order valence-corrected chi connectivity index (χ3v) is 3.45. The monoisotopic (exact) mass is 259 g/mol. The van der Waals surface area contributed by atoms with Gasteiger partial charge in [-0.1, -0.05) is 12.1 Å². The highest BCUT2D eigenvalue weighted by Gasteiger charge is 2.14. The number of benzene rings is 1. The van der Waals surface area contributed by atoms with Crippen LogP contribution in [0.4, 0.5) is 0 Å². The summed E-state index contributed by atoms with van der Waals surface area (Å²) in [4.78, 5) is 4.39. The highest BCUT2D eigenvalue weighted by molar-refractivity contribution is 5.27. The molecule has 0 fully saturated rings. The molecule has 1 aromatic carbocycles. The fourth-order valence-corrected chi connectivity index (χ4v) is 2.26. The van der Waals surface area contributed by atoms with Crippen LogP contribution in [0.15, 0.2) is 36.7 Å². The molecular formula is C15H21N3O. The Bertz CT molecular complexity index is 504. The van der Waals surface area contributed by atoms with Crippen molar-refractivity contribution in [3.63, 3.8) is 0 Å². The molecule has 0 aliphatic rings. The molecular weight excluding hydrogens is 238 g/mol. The maximum atomic E-state index is 5.87. The lowest BCUT2D eigenvalue weighted by Crippen LogP contribution is -2.17. The van der Waals surface area contributed by atoms with Crippen molar-refractivity contribution in [2.24, 2.45) is 12.8 Å². The summed E-state index contributed by atoms with van der Waals surface area (Å²) in [6, 6.07) is 8.19. The fraction of sp³-hybridized carbons (Fsp3) is 0.400. The first-order valence-electron chi connectivity index (χ1n) is 6.54. The molecule has 1 unspecified atom stereocenters. The number of hydrogen-bond acceptors (Lipinski definition) is 3. The Balaban J connectivity index is 1.98. The molecule has 19 heavy (non-hydrogen) atoms. The van der Waals surface area contributed by atoms with Gasteiger partial charge in [-0.15, -0.1) is 0 Å². The zero-order valence-corrected chi connectivity index (χ0v) is 11.5. The Kier molecular flexibility index (Phi) is 4.58. The first-order chi connectivity index (χ1) is 9.24. The average molecular weight is 259 g/mol. The lowest BCUT2D eigenvalue weighted by atomic mass is 9.98. The number of aryl methyl sites for hydroxylation is 2. The van der Waals surface area contributed by atoms with E-state index in [1.54, 1.807) is 7.11 Å². The quantitative estimate of drug-likeness (QED) is 0.864. The summed E-state index contributed by atoms with van der Waals surface area (Å²) in [6.45, 7) is 0.626. The smallest absolute Gasteiger partial charge is 0.118 e. The minimum Gasteiger partial charge on any atom is -0.497 e. The van der Waals surface area contributed by atoms with Crippen molar-refractivity contribution >= 4 is 0 Å². The fourth-order valence-electron chi connectivity index (χ4n) is 2.26. The molecule has 0 aliphatic heterocycles. The predicted molar refractivity (Wildman–Crippen MR) is 76.3 cm³/mol. The largest absolute Gasteiger partial charge is 0.497 e. The van der Waals surface area contributed by atoms with E-state index in [1.807, 2.05) is 36.1 Å². The first-order valence-corrected chi connectivity index (χ1v) is 6.54. The van der Waals surface area contributed by atoms with E-state index in [1.165, 1.54) is 5.56 Å². The Morgan fingerprint density at radius 2 is 2.05 bits per heavy atom. The first kappa shape index (κ1) is 13.6. The van der Waals surface area contributed by atoms with Crippen molar-refractivity contribution in [2.45, 2.75) is 18.8 Å². The minimum absolute atomic E-state index is 0.308. The maximum Gasteiger partial charge on any atom is 0.118 e. The summed E-state index contributed by atoms with van der Waals surface area (Å²) in [6.07, 6.45) is 5.79. The molecule has 0 aliphatic carbocycles. The molecule has 1 aromatic heterocycles. The van der Waals surface area contributed by atoms with Gasteiger partial charge in [0.05, 0.1) is 7.11 Å².